The molecule has 0 heterocycles. The van der Waals surface area contributed by atoms with Crippen LogP contribution in [-0.2, 0) is 4.79 Å². The molecule has 0 aromatic heterocycles. The van der Waals surface area contributed by atoms with E-state index < -0.39 is 0 Å². The summed E-state index contributed by atoms with van der Waals surface area (Å²) >= 11 is 0. The first-order valence-electron chi connectivity index (χ1n) is 2.94. The molecule has 0 saturated heterocycles. The quantitative estimate of drug-likeness (QED) is 0.519. The minimum atomic E-state index is -0.344. The Morgan fingerprint density at radius 3 is 2.55 bits per heavy atom. The van der Waals surface area contributed by atoms with Crippen LogP contribution in [-0.4, -0.2) is 6.41 Å². The predicted molar refractivity (Wildman–Crippen MR) is 36.2 cm³/mol. The molecule has 11 heavy (non-hydrogen) atoms. The first kappa shape index (κ1) is 7.53. The molecule has 0 aliphatic rings. The molecule has 1 amide bonds. The van der Waals surface area contributed by atoms with E-state index in [1.165, 1.54) is 24.3 Å². The van der Waals surface area contributed by atoms with Crippen LogP contribution in [0.25, 0.3) is 0 Å². The van der Waals surface area contributed by atoms with Crippen LogP contribution in [0.5, 0.6) is 5.75 Å². The van der Waals surface area contributed by atoms with Crippen LogP contribution in [0.15, 0.2) is 24.3 Å². The molecule has 0 radical (unpaired) electrons. The highest BCUT2D eigenvalue weighted by Gasteiger charge is 1.91. The standard InChI is InChI=1S/C7H6FNO2/c8-6-1-3-7(4-2-6)11-9-5-10/h1-5H,(H,9,10). The minimum absolute atomic E-state index is 0.344. The summed E-state index contributed by atoms with van der Waals surface area (Å²) in [5, 5.41) is 0. The second kappa shape index (κ2) is 3.55. The zero-order chi connectivity index (χ0) is 8.10. The van der Waals surface area contributed by atoms with Crippen molar-refractivity contribution in [1.29, 1.82) is 0 Å². The molecule has 1 N–H and O–H groups in total. The topological polar surface area (TPSA) is 38.3 Å². The van der Waals surface area contributed by atoms with Crippen molar-refractivity contribution in [1.82, 2.24) is 5.48 Å². The van der Waals surface area contributed by atoms with Crippen LogP contribution in [0.3, 0.4) is 0 Å². The fourth-order valence-corrected chi connectivity index (χ4v) is 0.595. The third-order valence-corrected chi connectivity index (χ3v) is 1.04. The molecule has 1 aromatic carbocycles. The molecule has 0 bridgehead atoms. The van der Waals surface area contributed by atoms with Gasteiger partial charge in [-0.05, 0) is 24.3 Å². The van der Waals surface area contributed by atoms with Crippen LogP contribution in [0.1, 0.15) is 0 Å². The Kier molecular flexibility index (Phi) is 2.43. The lowest BCUT2D eigenvalue weighted by molar-refractivity contribution is -0.115. The first-order chi connectivity index (χ1) is 5.33. The maximum Gasteiger partial charge on any atom is 0.239 e. The molecule has 3 nitrogen and oxygen atoms in total. The van der Waals surface area contributed by atoms with E-state index in [9.17, 15) is 9.18 Å². The van der Waals surface area contributed by atoms with Gasteiger partial charge in [0.25, 0.3) is 0 Å². The maximum absolute atomic E-state index is 12.3. The van der Waals surface area contributed by atoms with E-state index in [0.29, 0.717) is 12.2 Å². The van der Waals surface area contributed by atoms with Gasteiger partial charge in [0.2, 0.25) is 6.41 Å². The van der Waals surface area contributed by atoms with Gasteiger partial charge in [0.15, 0.2) is 5.75 Å². The number of rotatable bonds is 3. The van der Waals surface area contributed by atoms with E-state index in [0.717, 1.165) is 0 Å². The first-order valence-corrected chi connectivity index (χ1v) is 2.94. The number of hydrogen-bond acceptors (Lipinski definition) is 2. The lowest BCUT2D eigenvalue weighted by atomic mass is 10.3. The largest absolute Gasteiger partial charge is 0.380 e. The number of carbonyl (C=O) groups excluding carboxylic acids is 1. The van der Waals surface area contributed by atoms with Crippen LogP contribution in [0.4, 0.5) is 4.39 Å². The average Bonchev–Trinajstić information content (AvgIpc) is 2.04. The van der Waals surface area contributed by atoms with E-state index in [4.69, 9.17) is 0 Å². The summed E-state index contributed by atoms with van der Waals surface area (Å²) in [5.41, 5.74) is 1.98. The smallest absolute Gasteiger partial charge is 0.239 e. The summed E-state index contributed by atoms with van der Waals surface area (Å²) < 4.78 is 12.3. The SMILES string of the molecule is O=CNOc1ccc(F)cc1. The van der Waals surface area contributed by atoms with Crippen LogP contribution >= 0.6 is 0 Å². The van der Waals surface area contributed by atoms with E-state index in [-0.39, 0.29) is 5.82 Å². The van der Waals surface area contributed by atoms with Gasteiger partial charge in [-0.2, -0.15) is 5.48 Å². The third kappa shape index (κ3) is 2.25. The zero-order valence-electron chi connectivity index (χ0n) is 5.58. The highest BCUT2D eigenvalue weighted by molar-refractivity contribution is 5.44. The average molecular weight is 155 g/mol. The molecule has 0 fully saturated rings. The van der Waals surface area contributed by atoms with Crippen LogP contribution in [0.2, 0.25) is 0 Å². The molecule has 1 aromatic rings. The third-order valence-electron chi connectivity index (χ3n) is 1.04. The van der Waals surface area contributed by atoms with Crippen molar-refractivity contribution < 1.29 is 14.0 Å². The Hall–Kier alpha value is -1.58. The zero-order valence-corrected chi connectivity index (χ0v) is 5.58. The predicted octanol–water partition coefficient (Wildman–Crippen LogP) is 0.865. The molecule has 0 aliphatic carbocycles. The molecule has 0 spiro atoms. The lowest BCUT2D eigenvalue weighted by Crippen LogP contribution is -2.15. The fraction of sp³-hybridized carbons (Fsp3) is 0. The second-order valence-electron chi connectivity index (χ2n) is 1.79. The Balaban J connectivity index is 2.58. The van der Waals surface area contributed by atoms with Gasteiger partial charge >= 0.3 is 0 Å². The summed E-state index contributed by atoms with van der Waals surface area (Å²) in [6.45, 7) is 0. The summed E-state index contributed by atoms with van der Waals surface area (Å²) in [4.78, 5) is 14.4. The fourth-order valence-electron chi connectivity index (χ4n) is 0.595. The van der Waals surface area contributed by atoms with E-state index >= 15 is 0 Å². The number of amides is 1. The number of hydroxylamine groups is 1. The van der Waals surface area contributed by atoms with Gasteiger partial charge in [-0.15, -0.1) is 0 Å². The highest BCUT2D eigenvalue weighted by Crippen LogP contribution is 2.08. The Bertz CT molecular complexity index is 235. The molecule has 0 atom stereocenters. The molecule has 1 rings (SSSR count). The van der Waals surface area contributed by atoms with Crippen molar-refractivity contribution in [2.75, 3.05) is 0 Å². The highest BCUT2D eigenvalue weighted by atomic mass is 19.1. The number of halogens is 1. The minimum Gasteiger partial charge on any atom is -0.380 e. The van der Waals surface area contributed by atoms with Gasteiger partial charge in [-0.3, -0.25) is 4.79 Å². The normalized spacial score (nSPS) is 8.82. The number of hydrogen-bond donors (Lipinski definition) is 1. The molecule has 58 valence electrons. The Labute approximate surface area is 62.7 Å². The monoisotopic (exact) mass is 155 g/mol. The van der Waals surface area contributed by atoms with Crippen molar-refractivity contribution in [3.05, 3.63) is 30.1 Å². The number of carbonyl (C=O) groups is 1. The van der Waals surface area contributed by atoms with Crippen molar-refractivity contribution in [2.24, 2.45) is 0 Å². The summed E-state index contributed by atoms with van der Waals surface area (Å²) in [6, 6.07) is 5.29. The molecular weight excluding hydrogens is 149 g/mol. The van der Waals surface area contributed by atoms with Crippen molar-refractivity contribution in [3.63, 3.8) is 0 Å². The Morgan fingerprint density at radius 2 is 2.00 bits per heavy atom. The maximum atomic E-state index is 12.3. The summed E-state index contributed by atoms with van der Waals surface area (Å²) in [5.74, 6) is 0.0435. The van der Waals surface area contributed by atoms with Gasteiger partial charge in [0, 0.05) is 0 Å². The Morgan fingerprint density at radius 1 is 1.36 bits per heavy atom. The number of nitrogens with one attached hydrogen (secondary N) is 1. The second-order valence-corrected chi connectivity index (χ2v) is 1.79. The molecule has 4 heteroatoms. The summed E-state index contributed by atoms with van der Waals surface area (Å²) in [7, 11) is 0. The van der Waals surface area contributed by atoms with E-state index in [1.54, 1.807) is 0 Å². The molecular formula is C7H6FNO2. The van der Waals surface area contributed by atoms with Crippen LogP contribution in [0, 0.1) is 5.82 Å². The molecule has 0 saturated carbocycles. The van der Waals surface area contributed by atoms with Gasteiger partial charge in [-0.1, -0.05) is 0 Å². The van der Waals surface area contributed by atoms with Gasteiger partial charge in [0.05, 0.1) is 0 Å². The summed E-state index contributed by atoms with van der Waals surface area (Å²) in [6.07, 6.45) is 0.392. The van der Waals surface area contributed by atoms with E-state index in [1.807, 2.05) is 5.48 Å². The van der Waals surface area contributed by atoms with Crippen molar-refractivity contribution in [2.45, 2.75) is 0 Å². The van der Waals surface area contributed by atoms with Crippen molar-refractivity contribution in [3.8, 4) is 5.75 Å². The van der Waals surface area contributed by atoms with Gasteiger partial charge in [-0.25, -0.2) is 4.39 Å². The van der Waals surface area contributed by atoms with Crippen LogP contribution < -0.4 is 10.3 Å². The van der Waals surface area contributed by atoms with Gasteiger partial charge < -0.3 is 4.84 Å². The lowest BCUT2D eigenvalue weighted by Gasteiger charge is -1.99. The van der Waals surface area contributed by atoms with Gasteiger partial charge in [0.1, 0.15) is 5.82 Å². The molecule has 0 unspecified atom stereocenters. The number of benzene rings is 1. The van der Waals surface area contributed by atoms with Crippen molar-refractivity contribution >= 4 is 6.41 Å². The van der Waals surface area contributed by atoms with E-state index in [2.05, 4.69) is 4.84 Å². The molecule has 0 aliphatic heterocycles.